The third kappa shape index (κ3) is 5.70. The third-order valence-electron chi connectivity index (χ3n) is 4.59. The number of amides is 3. The van der Waals surface area contributed by atoms with Crippen molar-refractivity contribution in [2.75, 3.05) is 5.73 Å². The molecule has 3 amide bonds. The van der Waals surface area contributed by atoms with Crippen LogP contribution >= 0.6 is 34.5 Å². The molecule has 0 aliphatic carbocycles. The zero-order valence-corrected chi connectivity index (χ0v) is 20.7. The number of rotatable bonds is 7. The molecule has 3 aromatic rings. The minimum absolute atomic E-state index is 0.0287. The quantitative estimate of drug-likeness (QED) is 0.449. The number of carbonyl (C=O) groups excluding carboxylic acids is 3. The van der Waals surface area contributed by atoms with Crippen molar-refractivity contribution in [1.29, 1.82) is 0 Å². The number of aromatic nitrogens is 1. The Balaban J connectivity index is 2.13. The largest absolute Gasteiger partial charge is 0.395 e. The lowest BCUT2D eigenvalue weighted by atomic mass is 10.1. The van der Waals surface area contributed by atoms with Gasteiger partial charge in [-0.25, -0.2) is 0 Å². The van der Waals surface area contributed by atoms with Crippen LogP contribution in [0.3, 0.4) is 0 Å². The van der Waals surface area contributed by atoms with Crippen LogP contribution in [0.5, 0.6) is 0 Å². The topological polar surface area (TPSA) is 131 Å². The molecule has 0 aliphatic rings. The highest BCUT2D eigenvalue weighted by Gasteiger charge is 2.36. The normalized spacial score (nSPS) is 12.2. The summed E-state index contributed by atoms with van der Waals surface area (Å²) in [5.41, 5.74) is 11.2. The molecule has 174 valence electrons. The Hall–Kier alpha value is -2.95. The van der Waals surface area contributed by atoms with E-state index in [1.807, 2.05) is 32.2 Å². The number of anilines is 1. The molecule has 0 fully saturated rings. The van der Waals surface area contributed by atoms with Gasteiger partial charge < -0.3 is 21.7 Å². The number of primary amides is 1. The van der Waals surface area contributed by atoms with Crippen molar-refractivity contribution in [3.8, 4) is 0 Å². The third-order valence-corrected chi connectivity index (χ3v) is 6.73. The van der Waals surface area contributed by atoms with Gasteiger partial charge >= 0.3 is 0 Å². The molecule has 11 heteroatoms. The van der Waals surface area contributed by atoms with Crippen molar-refractivity contribution in [3.05, 3.63) is 67.8 Å². The molecule has 0 radical (unpaired) electrons. The fraction of sp³-hybridized carbons (Fsp3) is 0.273. The number of carbonyl (C=O) groups is 3. The first-order valence-corrected chi connectivity index (χ1v) is 12.0. The summed E-state index contributed by atoms with van der Waals surface area (Å²) in [5, 5.41) is 5.24. The van der Waals surface area contributed by atoms with Crippen LogP contribution < -0.4 is 16.8 Å². The molecule has 1 aromatic carbocycles. The molecule has 1 atom stereocenters. The second-order valence-corrected chi connectivity index (χ2v) is 10.5. The Morgan fingerprint density at radius 3 is 2.42 bits per heavy atom. The highest BCUT2D eigenvalue weighted by Crippen LogP contribution is 2.33. The number of nitrogen functional groups attached to an aromatic ring is 1. The average Bonchev–Trinajstić information content (AvgIpc) is 3.37. The summed E-state index contributed by atoms with van der Waals surface area (Å²) >= 11 is 8.50. The number of thiophene rings is 1. The molecule has 33 heavy (non-hydrogen) atoms. The fourth-order valence-corrected chi connectivity index (χ4v) is 4.95. The van der Waals surface area contributed by atoms with Crippen LogP contribution in [-0.2, 0) is 11.3 Å². The van der Waals surface area contributed by atoms with Gasteiger partial charge in [0.1, 0.15) is 10.9 Å². The number of nitrogens with one attached hydrogen (secondary N) is 1. The van der Waals surface area contributed by atoms with E-state index >= 15 is 0 Å². The van der Waals surface area contributed by atoms with Crippen molar-refractivity contribution in [1.82, 2.24) is 14.6 Å². The first-order valence-electron chi connectivity index (χ1n) is 9.94. The first-order chi connectivity index (χ1) is 15.5. The standard InChI is InChI=1S/C22H24ClN5O3S2/c1-22(2,3)26-20(30)17(14-9-6-10-32-14)28(11-12-7-4-5-8-13(12)23)21(31)18-15(24)16(19(25)29)27-33-18/h4-10,17H,11,24H2,1-3H3,(H2,25,29)(H,26,30)/t17-/m1/s1. The number of hydrogen-bond acceptors (Lipinski definition) is 7. The summed E-state index contributed by atoms with van der Waals surface area (Å²) in [7, 11) is 0. The summed E-state index contributed by atoms with van der Waals surface area (Å²) in [4.78, 5) is 40.9. The van der Waals surface area contributed by atoms with Gasteiger partial charge in [0.25, 0.3) is 11.8 Å². The lowest BCUT2D eigenvalue weighted by Crippen LogP contribution is -2.48. The molecule has 5 N–H and O–H groups in total. The predicted octanol–water partition coefficient (Wildman–Crippen LogP) is 3.84. The van der Waals surface area contributed by atoms with Crippen LogP contribution in [0.4, 0.5) is 5.69 Å². The summed E-state index contributed by atoms with van der Waals surface area (Å²) in [6.45, 7) is 5.60. The van der Waals surface area contributed by atoms with Crippen LogP contribution in [0.25, 0.3) is 0 Å². The Labute approximate surface area is 204 Å². The number of halogens is 1. The number of hydrogen-bond donors (Lipinski definition) is 3. The molecular weight excluding hydrogens is 482 g/mol. The molecule has 0 bridgehead atoms. The van der Waals surface area contributed by atoms with E-state index in [2.05, 4.69) is 9.69 Å². The Kier molecular flexibility index (Phi) is 7.41. The molecule has 0 saturated carbocycles. The smallest absolute Gasteiger partial charge is 0.270 e. The molecule has 8 nitrogen and oxygen atoms in total. The maximum atomic E-state index is 13.8. The van der Waals surface area contributed by atoms with Crippen molar-refractivity contribution < 1.29 is 14.4 Å². The molecule has 0 unspecified atom stereocenters. The lowest BCUT2D eigenvalue weighted by Gasteiger charge is -2.33. The SMILES string of the molecule is CC(C)(C)NC(=O)[C@@H](c1cccs1)N(Cc1ccccc1Cl)C(=O)c1snc(C(N)=O)c1N. The lowest BCUT2D eigenvalue weighted by molar-refractivity contribution is -0.127. The summed E-state index contributed by atoms with van der Waals surface area (Å²) in [6.07, 6.45) is 0. The van der Waals surface area contributed by atoms with Gasteiger partial charge in [-0.15, -0.1) is 11.3 Å². The van der Waals surface area contributed by atoms with E-state index in [4.69, 9.17) is 23.1 Å². The number of nitrogens with zero attached hydrogens (tertiary/aromatic N) is 2. The second-order valence-electron chi connectivity index (χ2n) is 8.32. The predicted molar refractivity (Wildman–Crippen MR) is 131 cm³/mol. The van der Waals surface area contributed by atoms with Crippen molar-refractivity contribution in [2.24, 2.45) is 5.73 Å². The van der Waals surface area contributed by atoms with Crippen molar-refractivity contribution in [2.45, 2.75) is 38.9 Å². The van der Waals surface area contributed by atoms with Gasteiger partial charge in [-0.1, -0.05) is 35.9 Å². The van der Waals surface area contributed by atoms with Crippen molar-refractivity contribution >= 4 is 57.9 Å². The van der Waals surface area contributed by atoms with E-state index in [9.17, 15) is 14.4 Å². The van der Waals surface area contributed by atoms with Gasteiger partial charge in [-0.3, -0.25) is 14.4 Å². The van der Waals surface area contributed by atoms with E-state index < -0.39 is 23.4 Å². The Morgan fingerprint density at radius 2 is 1.88 bits per heavy atom. The van der Waals surface area contributed by atoms with Crippen molar-refractivity contribution in [3.63, 3.8) is 0 Å². The molecule has 3 rings (SSSR count). The summed E-state index contributed by atoms with van der Waals surface area (Å²) in [5.74, 6) is -1.75. The van der Waals surface area contributed by atoms with Gasteiger partial charge in [0, 0.05) is 22.0 Å². The maximum absolute atomic E-state index is 13.8. The Morgan fingerprint density at radius 1 is 1.18 bits per heavy atom. The van der Waals surface area contributed by atoms with Gasteiger partial charge in [0.2, 0.25) is 5.91 Å². The van der Waals surface area contributed by atoms with Crippen LogP contribution in [0.2, 0.25) is 5.02 Å². The summed E-state index contributed by atoms with van der Waals surface area (Å²) < 4.78 is 3.94. The molecule has 0 saturated heterocycles. The molecular formula is C22H24ClN5O3S2. The van der Waals surface area contributed by atoms with Gasteiger partial charge in [-0.05, 0) is 55.4 Å². The average molecular weight is 506 g/mol. The van der Waals surface area contributed by atoms with Crippen LogP contribution in [0.15, 0.2) is 41.8 Å². The minimum Gasteiger partial charge on any atom is -0.395 e. The molecule has 0 spiro atoms. The molecule has 2 heterocycles. The van der Waals surface area contributed by atoms with Gasteiger partial charge in [0.05, 0.1) is 5.69 Å². The van der Waals surface area contributed by atoms with Gasteiger partial charge in [0.15, 0.2) is 5.69 Å². The van der Waals surface area contributed by atoms with Gasteiger partial charge in [-0.2, -0.15) is 4.37 Å². The molecule has 2 aromatic heterocycles. The van der Waals surface area contributed by atoms with E-state index in [0.717, 1.165) is 11.5 Å². The molecule has 0 aliphatic heterocycles. The maximum Gasteiger partial charge on any atom is 0.270 e. The first kappa shape index (κ1) is 24.7. The van der Waals surface area contributed by atoms with E-state index in [0.29, 0.717) is 15.5 Å². The van der Waals surface area contributed by atoms with E-state index in [1.165, 1.54) is 16.2 Å². The Bertz CT molecular complexity index is 1170. The summed E-state index contributed by atoms with van der Waals surface area (Å²) in [6, 6.07) is 9.69. The zero-order chi connectivity index (χ0) is 24.3. The van der Waals surface area contributed by atoms with E-state index in [-0.39, 0.29) is 28.7 Å². The zero-order valence-electron chi connectivity index (χ0n) is 18.3. The highest BCUT2D eigenvalue weighted by atomic mass is 35.5. The van der Waals surface area contributed by atoms with E-state index in [1.54, 1.807) is 30.3 Å². The number of nitrogens with two attached hydrogens (primary N) is 2. The van der Waals surface area contributed by atoms with Crippen LogP contribution in [0, 0.1) is 0 Å². The monoisotopic (exact) mass is 505 g/mol. The fourth-order valence-electron chi connectivity index (χ4n) is 3.16. The minimum atomic E-state index is -0.966. The second kappa shape index (κ2) is 9.90. The van der Waals surface area contributed by atoms with Crippen LogP contribution in [0.1, 0.15) is 57.4 Å². The number of benzene rings is 1. The van der Waals surface area contributed by atoms with Crippen LogP contribution in [-0.4, -0.2) is 32.5 Å². The highest BCUT2D eigenvalue weighted by molar-refractivity contribution is 7.10.